The third-order valence-electron chi connectivity index (χ3n) is 5.44. The first-order valence-corrected chi connectivity index (χ1v) is 14.3. The smallest absolute Gasteiger partial charge is 0.260 e. The number of halogens is 1. The predicted octanol–water partition coefficient (Wildman–Crippen LogP) is 5.08. The Morgan fingerprint density at radius 2 is 1.71 bits per heavy atom. The van der Waals surface area contributed by atoms with Crippen LogP contribution in [0.25, 0.3) is 10.2 Å². The fourth-order valence-electron chi connectivity index (χ4n) is 3.44. The number of hydrogen-bond acceptors (Lipinski definition) is 6. The van der Waals surface area contributed by atoms with Crippen molar-refractivity contribution in [2.24, 2.45) is 0 Å². The zero-order valence-corrected chi connectivity index (χ0v) is 23.2. The zero-order chi connectivity index (χ0) is 24.9. The van der Waals surface area contributed by atoms with E-state index < -0.39 is 10.0 Å². The van der Waals surface area contributed by atoms with Crippen LogP contribution in [-0.2, 0) is 10.0 Å². The lowest BCUT2D eigenvalue weighted by atomic mass is 10.2. The first-order valence-electron chi connectivity index (χ1n) is 11.2. The maximum absolute atomic E-state index is 13.5. The molecule has 0 unspecified atom stereocenters. The molecule has 7 nitrogen and oxygen atoms in total. The largest absolute Gasteiger partial charge is 0.309 e. The van der Waals surface area contributed by atoms with Crippen molar-refractivity contribution in [3.8, 4) is 0 Å². The second kappa shape index (κ2) is 11.7. The molecular formula is C24H31BrN4O3S2. The molecule has 2 aromatic carbocycles. The van der Waals surface area contributed by atoms with Gasteiger partial charge in [-0.1, -0.05) is 40.6 Å². The summed E-state index contributed by atoms with van der Waals surface area (Å²) >= 11 is 4.96. The number of hydrogen-bond donors (Lipinski definition) is 0. The van der Waals surface area contributed by atoms with Crippen LogP contribution in [0.1, 0.15) is 36.5 Å². The first-order chi connectivity index (χ1) is 16.1. The summed E-state index contributed by atoms with van der Waals surface area (Å²) in [6.45, 7) is 3.83. The highest BCUT2D eigenvalue weighted by Gasteiger charge is 2.24. The molecule has 0 aliphatic rings. The van der Waals surface area contributed by atoms with Crippen molar-refractivity contribution in [2.75, 3.05) is 45.7 Å². The average molecular weight is 568 g/mol. The van der Waals surface area contributed by atoms with Crippen molar-refractivity contribution in [2.45, 2.75) is 31.1 Å². The highest BCUT2D eigenvalue weighted by atomic mass is 79.9. The monoisotopic (exact) mass is 566 g/mol. The number of sulfonamides is 1. The van der Waals surface area contributed by atoms with Gasteiger partial charge in [0.2, 0.25) is 10.0 Å². The van der Waals surface area contributed by atoms with Gasteiger partial charge in [-0.05, 0) is 75.9 Å². The third kappa shape index (κ3) is 6.42. The van der Waals surface area contributed by atoms with E-state index >= 15 is 0 Å². The van der Waals surface area contributed by atoms with Crippen LogP contribution in [0.2, 0.25) is 0 Å². The molecule has 0 fully saturated rings. The van der Waals surface area contributed by atoms with E-state index in [9.17, 15) is 13.2 Å². The Morgan fingerprint density at radius 1 is 1.00 bits per heavy atom. The van der Waals surface area contributed by atoms with Crippen LogP contribution in [0.3, 0.4) is 0 Å². The minimum absolute atomic E-state index is 0.187. The third-order valence-corrected chi connectivity index (χ3v) is 8.84. The van der Waals surface area contributed by atoms with Gasteiger partial charge >= 0.3 is 0 Å². The second-order valence-corrected chi connectivity index (χ2v) is 12.4. The van der Waals surface area contributed by atoms with Gasteiger partial charge < -0.3 is 4.90 Å². The van der Waals surface area contributed by atoms with E-state index in [0.29, 0.717) is 23.8 Å². The standard InChI is InChI=1S/C24H31BrN4O3S2/c1-5-6-15-28(4)34(31,32)20-11-8-18(9-12-20)23(30)29(16-7-14-27(2)3)24-26-21-13-10-19(25)17-22(21)33-24/h8-13,17H,5-7,14-16H2,1-4H3. The number of carbonyl (C=O) groups is 1. The van der Waals surface area contributed by atoms with Gasteiger partial charge in [-0.2, -0.15) is 0 Å². The predicted molar refractivity (Wildman–Crippen MR) is 143 cm³/mol. The SMILES string of the molecule is CCCCN(C)S(=O)(=O)c1ccc(C(=O)N(CCCN(C)C)c2nc3ccc(Br)cc3s2)cc1. The van der Waals surface area contributed by atoms with Crippen LogP contribution in [0.5, 0.6) is 0 Å². The topological polar surface area (TPSA) is 73.8 Å². The molecule has 0 aliphatic heterocycles. The Labute approximate surface area is 214 Å². The minimum atomic E-state index is -3.58. The number of benzene rings is 2. The normalized spacial score (nSPS) is 12.1. The van der Waals surface area contributed by atoms with Crippen LogP contribution in [0, 0.1) is 0 Å². The lowest BCUT2D eigenvalue weighted by molar-refractivity contribution is 0.0986. The summed E-state index contributed by atoms with van der Waals surface area (Å²) in [5, 5.41) is 0.632. The number of anilines is 1. The van der Waals surface area contributed by atoms with E-state index in [2.05, 4.69) is 20.8 Å². The van der Waals surface area contributed by atoms with E-state index in [0.717, 1.165) is 40.5 Å². The zero-order valence-electron chi connectivity index (χ0n) is 20.0. The number of carbonyl (C=O) groups excluding carboxylic acids is 1. The summed E-state index contributed by atoms with van der Waals surface area (Å²) in [5.41, 5.74) is 1.27. The van der Waals surface area contributed by atoms with Crippen molar-refractivity contribution in [3.05, 3.63) is 52.5 Å². The van der Waals surface area contributed by atoms with Crippen LogP contribution in [0.4, 0.5) is 5.13 Å². The van der Waals surface area contributed by atoms with Gasteiger partial charge in [-0.3, -0.25) is 9.69 Å². The molecule has 0 N–H and O–H groups in total. The molecule has 1 amide bonds. The number of aromatic nitrogens is 1. The molecule has 0 saturated heterocycles. The molecule has 0 aliphatic carbocycles. The maximum atomic E-state index is 13.5. The molecule has 0 spiro atoms. The van der Waals surface area contributed by atoms with E-state index in [-0.39, 0.29) is 10.8 Å². The van der Waals surface area contributed by atoms with Gasteiger partial charge in [0.25, 0.3) is 5.91 Å². The summed E-state index contributed by atoms with van der Waals surface area (Å²) < 4.78 is 29.0. The van der Waals surface area contributed by atoms with Gasteiger partial charge in [0.1, 0.15) is 0 Å². The Bertz CT molecular complexity index is 1230. The highest BCUT2D eigenvalue weighted by Crippen LogP contribution is 2.32. The van der Waals surface area contributed by atoms with E-state index in [4.69, 9.17) is 4.98 Å². The number of thiazole rings is 1. The van der Waals surface area contributed by atoms with Gasteiger partial charge in [0.15, 0.2) is 5.13 Å². The molecule has 184 valence electrons. The molecule has 0 atom stereocenters. The van der Waals surface area contributed by atoms with Crippen LogP contribution < -0.4 is 4.90 Å². The molecule has 34 heavy (non-hydrogen) atoms. The van der Waals surface area contributed by atoms with Crippen LogP contribution in [-0.4, -0.2) is 69.3 Å². The van der Waals surface area contributed by atoms with E-state index in [1.807, 2.05) is 39.2 Å². The molecule has 3 aromatic rings. The molecule has 1 aromatic heterocycles. The van der Waals surface area contributed by atoms with Gasteiger partial charge in [0.05, 0.1) is 15.1 Å². The van der Waals surface area contributed by atoms with Gasteiger partial charge in [0, 0.05) is 30.2 Å². The molecule has 0 radical (unpaired) electrons. The number of amides is 1. The van der Waals surface area contributed by atoms with Crippen molar-refractivity contribution < 1.29 is 13.2 Å². The fraction of sp³-hybridized carbons (Fsp3) is 0.417. The number of nitrogens with zero attached hydrogens (tertiary/aromatic N) is 4. The first kappa shape index (κ1) is 26.7. The molecule has 0 bridgehead atoms. The highest BCUT2D eigenvalue weighted by molar-refractivity contribution is 9.10. The number of unbranched alkanes of at least 4 members (excludes halogenated alkanes) is 1. The quantitative estimate of drug-likeness (QED) is 0.323. The summed E-state index contributed by atoms with van der Waals surface area (Å²) in [5.74, 6) is -0.194. The Morgan fingerprint density at radius 3 is 2.35 bits per heavy atom. The van der Waals surface area contributed by atoms with Crippen LogP contribution in [0.15, 0.2) is 51.8 Å². The Kier molecular flexibility index (Phi) is 9.22. The Hall–Kier alpha value is -1.85. The molecular weight excluding hydrogens is 536 g/mol. The van der Waals surface area contributed by atoms with Crippen molar-refractivity contribution in [1.29, 1.82) is 0 Å². The molecule has 0 saturated carbocycles. The average Bonchev–Trinajstić information content (AvgIpc) is 3.22. The van der Waals surface area contributed by atoms with Crippen molar-refractivity contribution >= 4 is 58.5 Å². The van der Waals surface area contributed by atoms with Crippen molar-refractivity contribution in [3.63, 3.8) is 0 Å². The minimum Gasteiger partial charge on any atom is -0.309 e. The number of rotatable bonds is 11. The van der Waals surface area contributed by atoms with Gasteiger partial charge in [-0.25, -0.2) is 17.7 Å². The molecule has 10 heteroatoms. The lowest BCUT2D eigenvalue weighted by Gasteiger charge is -2.21. The van der Waals surface area contributed by atoms with E-state index in [1.54, 1.807) is 24.1 Å². The second-order valence-electron chi connectivity index (χ2n) is 8.43. The number of fused-ring (bicyclic) bond motifs is 1. The summed E-state index contributed by atoms with van der Waals surface area (Å²) in [6, 6.07) is 12.1. The Balaban J connectivity index is 1.88. The lowest BCUT2D eigenvalue weighted by Crippen LogP contribution is -2.33. The van der Waals surface area contributed by atoms with Crippen molar-refractivity contribution in [1.82, 2.24) is 14.2 Å². The van der Waals surface area contributed by atoms with Gasteiger partial charge in [-0.15, -0.1) is 0 Å². The summed E-state index contributed by atoms with van der Waals surface area (Å²) in [7, 11) is 2.00. The molecule has 3 rings (SSSR count). The fourth-order valence-corrected chi connectivity index (χ4v) is 6.19. The maximum Gasteiger partial charge on any atom is 0.260 e. The summed E-state index contributed by atoms with van der Waals surface area (Å²) in [4.78, 5) is 22.2. The van der Waals surface area contributed by atoms with E-state index in [1.165, 1.54) is 27.8 Å². The van der Waals surface area contributed by atoms with Crippen LogP contribution >= 0.6 is 27.3 Å². The molecule has 1 heterocycles. The summed E-state index contributed by atoms with van der Waals surface area (Å²) in [6.07, 6.45) is 2.50.